The normalized spacial score (nSPS) is 20.7. The molecule has 0 spiro atoms. The van der Waals surface area contributed by atoms with Gasteiger partial charge in [-0.1, -0.05) is 33.6 Å². The average Bonchev–Trinajstić information content (AvgIpc) is 2.92. The van der Waals surface area contributed by atoms with Gasteiger partial charge in [-0.25, -0.2) is 4.79 Å². The van der Waals surface area contributed by atoms with E-state index < -0.39 is 21.8 Å². The highest BCUT2D eigenvalue weighted by molar-refractivity contribution is 9.09. The fourth-order valence-corrected chi connectivity index (χ4v) is 4.05. The summed E-state index contributed by atoms with van der Waals surface area (Å²) in [7, 11) is -3.81. The zero-order valence-corrected chi connectivity index (χ0v) is 18.4. The highest BCUT2D eigenvalue weighted by Gasteiger charge is 2.36. The third-order valence-electron chi connectivity index (χ3n) is 3.81. The SMILES string of the molecule is Cc1ccc(S(=O)(=O)OCCO[C@@H]2CN(C(=O)OC(C)(C)C)C[C@@H]2Br)cc1. The van der Waals surface area contributed by atoms with Crippen LogP contribution in [0.4, 0.5) is 4.79 Å². The van der Waals surface area contributed by atoms with Crippen molar-refractivity contribution in [1.29, 1.82) is 0 Å². The zero-order valence-electron chi connectivity index (χ0n) is 16.0. The lowest BCUT2D eigenvalue weighted by molar-refractivity contribution is 0.0180. The molecule has 1 amide bonds. The minimum absolute atomic E-state index is 0.0567. The molecule has 2 atom stereocenters. The van der Waals surface area contributed by atoms with Crippen LogP contribution in [0.5, 0.6) is 0 Å². The van der Waals surface area contributed by atoms with E-state index in [0.29, 0.717) is 13.1 Å². The Kier molecular flexibility index (Phi) is 7.29. The summed E-state index contributed by atoms with van der Waals surface area (Å²) in [6.07, 6.45) is -0.653. The van der Waals surface area contributed by atoms with Crippen LogP contribution >= 0.6 is 15.9 Å². The molecule has 0 aromatic heterocycles. The van der Waals surface area contributed by atoms with Gasteiger partial charge in [0, 0.05) is 6.54 Å². The van der Waals surface area contributed by atoms with E-state index in [-0.39, 0.29) is 29.0 Å². The first kappa shape index (κ1) is 22.1. The molecule has 1 fully saturated rings. The van der Waals surface area contributed by atoms with Crippen LogP contribution in [0.3, 0.4) is 0 Å². The molecule has 0 saturated carbocycles. The maximum atomic E-state index is 12.1. The average molecular weight is 464 g/mol. The highest BCUT2D eigenvalue weighted by atomic mass is 79.9. The first-order valence-corrected chi connectivity index (χ1v) is 11.0. The summed E-state index contributed by atoms with van der Waals surface area (Å²) < 4.78 is 40.3. The van der Waals surface area contributed by atoms with Gasteiger partial charge in [-0.3, -0.25) is 4.18 Å². The van der Waals surface area contributed by atoms with E-state index in [1.165, 1.54) is 12.1 Å². The molecule has 152 valence electrons. The molecule has 1 aromatic rings. The van der Waals surface area contributed by atoms with Gasteiger partial charge in [0.05, 0.1) is 35.6 Å². The monoisotopic (exact) mass is 463 g/mol. The van der Waals surface area contributed by atoms with Crippen molar-refractivity contribution in [2.24, 2.45) is 0 Å². The molecule has 0 radical (unpaired) electrons. The Balaban J connectivity index is 1.78. The first-order chi connectivity index (χ1) is 12.5. The van der Waals surface area contributed by atoms with Crippen molar-refractivity contribution in [3.8, 4) is 0 Å². The van der Waals surface area contributed by atoms with E-state index in [2.05, 4.69) is 15.9 Å². The largest absolute Gasteiger partial charge is 0.444 e. The molecule has 9 heteroatoms. The van der Waals surface area contributed by atoms with E-state index in [0.717, 1.165) is 5.56 Å². The Hall–Kier alpha value is -1.16. The van der Waals surface area contributed by atoms with Gasteiger partial charge in [-0.05, 0) is 39.8 Å². The van der Waals surface area contributed by atoms with Crippen LogP contribution in [0.2, 0.25) is 0 Å². The molecule has 7 nitrogen and oxygen atoms in total. The number of ether oxygens (including phenoxy) is 2. The number of halogens is 1. The van der Waals surface area contributed by atoms with Crippen molar-refractivity contribution in [1.82, 2.24) is 4.90 Å². The van der Waals surface area contributed by atoms with Crippen LogP contribution < -0.4 is 0 Å². The van der Waals surface area contributed by atoms with Crippen LogP contribution in [0.15, 0.2) is 29.2 Å². The van der Waals surface area contributed by atoms with Crippen molar-refractivity contribution < 1.29 is 26.9 Å². The summed E-state index contributed by atoms with van der Waals surface area (Å²) in [6, 6.07) is 6.45. The number of carbonyl (C=O) groups excluding carboxylic acids is 1. The summed E-state index contributed by atoms with van der Waals surface area (Å²) >= 11 is 3.49. The number of hydrogen-bond acceptors (Lipinski definition) is 6. The lowest BCUT2D eigenvalue weighted by atomic mass is 10.2. The number of carbonyl (C=O) groups is 1. The summed E-state index contributed by atoms with van der Waals surface area (Å²) in [6.45, 7) is 8.14. The lowest BCUT2D eigenvalue weighted by Crippen LogP contribution is -2.36. The number of nitrogens with zero attached hydrogens (tertiary/aromatic N) is 1. The maximum absolute atomic E-state index is 12.1. The second-order valence-corrected chi connectivity index (χ2v) is 10.2. The molecule has 0 aliphatic carbocycles. The Bertz CT molecular complexity index is 744. The summed E-state index contributed by atoms with van der Waals surface area (Å²) in [5.41, 5.74) is 0.409. The second-order valence-electron chi connectivity index (χ2n) is 7.40. The van der Waals surface area contributed by atoms with Gasteiger partial charge in [0.2, 0.25) is 0 Å². The van der Waals surface area contributed by atoms with E-state index in [1.807, 2.05) is 27.7 Å². The number of benzene rings is 1. The summed E-state index contributed by atoms with van der Waals surface area (Å²) in [5.74, 6) is 0. The molecule has 1 saturated heterocycles. The fraction of sp³-hybridized carbons (Fsp3) is 0.611. The topological polar surface area (TPSA) is 82.1 Å². The lowest BCUT2D eigenvalue weighted by Gasteiger charge is -2.24. The smallest absolute Gasteiger partial charge is 0.410 e. The molecule has 0 N–H and O–H groups in total. The number of hydrogen-bond donors (Lipinski definition) is 0. The molecule has 1 aromatic carbocycles. The molecule has 0 unspecified atom stereocenters. The van der Waals surface area contributed by atoms with Crippen molar-refractivity contribution in [2.45, 2.75) is 49.1 Å². The molecule has 27 heavy (non-hydrogen) atoms. The minimum Gasteiger partial charge on any atom is -0.444 e. The van der Waals surface area contributed by atoms with Crippen LogP contribution in [-0.4, -0.2) is 62.2 Å². The number of rotatable bonds is 6. The van der Waals surface area contributed by atoms with Crippen molar-refractivity contribution in [3.63, 3.8) is 0 Å². The third-order valence-corrected chi connectivity index (χ3v) is 6.02. The maximum Gasteiger partial charge on any atom is 0.410 e. The van der Waals surface area contributed by atoms with Gasteiger partial charge < -0.3 is 14.4 Å². The number of alkyl halides is 1. The number of likely N-dealkylation sites (tertiary alicyclic amines) is 1. The zero-order chi connectivity index (χ0) is 20.2. The van der Waals surface area contributed by atoms with Gasteiger partial charge in [-0.2, -0.15) is 8.42 Å². The first-order valence-electron chi connectivity index (χ1n) is 8.68. The van der Waals surface area contributed by atoms with Gasteiger partial charge >= 0.3 is 6.09 Å². The van der Waals surface area contributed by atoms with Crippen molar-refractivity contribution in [3.05, 3.63) is 29.8 Å². The van der Waals surface area contributed by atoms with Gasteiger partial charge in [0.15, 0.2) is 0 Å². The molecule has 0 bridgehead atoms. The van der Waals surface area contributed by atoms with Crippen LogP contribution in [-0.2, 0) is 23.8 Å². The quantitative estimate of drug-likeness (QED) is 0.366. The van der Waals surface area contributed by atoms with Crippen LogP contribution in [0.1, 0.15) is 26.3 Å². The third kappa shape index (κ3) is 6.74. The minimum atomic E-state index is -3.81. The number of amides is 1. The highest BCUT2D eigenvalue weighted by Crippen LogP contribution is 2.23. The Morgan fingerprint density at radius 2 is 1.81 bits per heavy atom. The summed E-state index contributed by atoms with van der Waals surface area (Å²) in [4.78, 5) is 13.7. The second kappa shape index (κ2) is 8.89. The van der Waals surface area contributed by atoms with E-state index in [1.54, 1.807) is 17.0 Å². The van der Waals surface area contributed by atoms with Crippen LogP contribution in [0, 0.1) is 6.92 Å². The van der Waals surface area contributed by atoms with Crippen molar-refractivity contribution >= 4 is 32.1 Å². The predicted molar refractivity (Wildman–Crippen MR) is 105 cm³/mol. The van der Waals surface area contributed by atoms with Gasteiger partial charge in [0.1, 0.15) is 5.60 Å². The van der Waals surface area contributed by atoms with Gasteiger partial charge in [0.25, 0.3) is 10.1 Å². The molecule has 1 aliphatic rings. The van der Waals surface area contributed by atoms with Crippen LogP contribution in [0.25, 0.3) is 0 Å². The molecule has 1 aliphatic heterocycles. The molecular weight excluding hydrogens is 438 g/mol. The standard InChI is InChI=1S/C18H26BrNO6S/c1-13-5-7-14(8-6-13)27(22,23)25-10-9-24-16-12-20(11-15(16)19)17(21)26-18(2,3)4/h5-8,15-16H,9-12H2,1-4H3/t15-,16+/m0/s1. The Morgan fingerprint density at radius 1 is 1.19 bits per heavy atom. The fourth-order valence-electron chi connectivity index (χ4n) is 2.48. The summed E-state index contributed by atoms with van der Waals surface area (Å²) in [5, 5.41) is 0. The van der Waals surface area contributed by atoms with E-state index in [9.17, 15) is 13.2 Å². The number of aryl methyl sites for hydroxylation is 1. The molecular formula is C18H26BrNO6S. The molecule has 1 heterocycles. The molecule has 2 rings (SSSR count). The van der Waals surface area contributed by atoms with E-state index >= 15 is 0 Å². The van der Waals surface area contributed by atoms with Crippen molar-refractivity contribution in [2.75, 3.05) is 26.3 Å². The van der Waals surface area contributed by atoms with E-state index in [4.69, 9.17) is 13.7 Å². The Labute approximate surface area is 169 Å². The van der Waals surface area contributed by atoms with Gasteiger partial charge in [-0.15, -0.1) is 0 Å². The Morgan fingerprint density at radius 3 is 2.41 bits per heavy atom. The predicted octanol–water partition coefficient (Wildman–Crippen LogP) is 3.10.